The minimum absolute atomic E-state index is 0.278. The maximum Gasteiger partial charge on any atom is 0.407 e. The highest BCUT2D eigenvalue weighted by molar-refractivity contribution is 5.67. The largest absolute Gasteiger partial charge is 0.468 e. The minimum atomic E-state index is -0.409. The highest BCUT2D eigenvalue weighted by Gasteiger charge is 2.01. The second-order valence-corrected chi connectivity index (χ2v) is 4.02. The van der Waals surface area contributed by atoms with Crippen molar-refractivity contribution in [3.63, 3.8) is 0 Å². The van der Waals surface area contributed by atoms with Gasteiger partial charge in [-0.3, -0.25) is 4.79 Å². The first kappa shape index (κ1) is 15.0. The number of benzene rings is 1. The second kappa shape index (κ2) is 9.94. The van der Waals surface area contributed by atoms with E-state index in [9.17, 15) is 9.59 Å². The van der Waals surface area contributed by atoms with Crippen molar-refractivity contribution in [2.45, 2.75) is 25.9 Å². The van der Waals surface area contributed by atoms with Crippen LogP contribution in [0.25, 0.3) is 0 Å². The van der Waals surface area contributed by atoms with Gasteiger partial charge < -0.3 is 14.8 Å². The summed E-state index contributed by atoms with van der Waals surface area (Å²) in [6, 6.07) is 9.52. The van der Waals surface area contributed by atoms with Crippen LogP contribution in [0.15, 0.2) is 30.3 Å². The van der Waals surface area contributed by atoms with Crippen molar-refractivity contribution in [3.05, 3.63) is 35.9 Å². The summed E-state index contributed by atoms with van der Waals surface area (Å²) in [5.41, 5.74) is 0.962. The summed E-state index contributed by atoms with van der Waals surface area (Å²) in [5, 5.41) is 2.67. The number of amides is 1. The van der Waals surface area contributed by atoms with Gasteiger partial charge in [-0.2, -0.15) is 0 Å². The highest BCUT2D eigenvalue weighted by Crippen LogP contribution is 2.00. The van der Waals surface area contributed by atoms with Gasteiger partial charge in [0.05, 0.1) is 6.61 Å². The summed E-state index contributed by atoms with van der Waals surface area (Å²) >= 11 is 0. The van der Waals surface area contributed by atoms with E-state index in [0.29, 0.717) is 19.6 Å². The lowest BCUT2D eigenvalue weighted by atomic mass is 10.2. The van der Waals surface area contributed by atoms with Gasteiger partial charge in [0.25, 0.3) is 6.47 Å². The number of carbonyl (C=O) groups excluding carboxylic acids is 2. The number of hydrogen-bond acceptors (Lipinski definition) is 4. The molecule has 1 aromatic carbocycles. The smallest absolute Gasteiger partial charge is 0.407 e. The Kier molecular flexibility index (Phi) is 7.85. The zero-order valence-electron chi connectivity index (χ0n) is 10.8. The molecule has 0 atom stereocenters. The van der Waals surface area contributed by atoms with E-state index in [1.165, 1.54) is 0 Å². The molecule has 104 valence electrons. The molecule has 0 saturated carbocycles. The van der Waals surface area contributed by atoms with Crippen LogP contribution in [-0.2, 0) is 20.9 Å². The molecule has 0 bridgehead atoms. The van der Waals surface area contributed by atoms with E-state index >= 15 is 0 Å². The van der Waals surface area contributed by atoms with Crippen molar-refractivity contribution in [3.8, 4) is 0 Å². The Morgan fingerprint density at radius 3 is 2.68 bits per heavy atom. The molecule has 0 radical (unpaired) electrons. The molecule has 0 aliphatic rings. The molecule has 0 fully saturated rings. The number of carbonyl (C=O) groups is 2. The van der Waals surface area contributed by atoms with Crippen LogP contribution >= 0.6 is 0 Å². The Morgan fingerprint density at radius 1 is 1.16 bits per heavy atom. The fourth-order valence-corrected chi connectivity index (χ4v) is 1.50. The first-order valence-electron chi connectivity index (χ1n) is 6.32. The molecule has 5 nitrogen and oxygen atoms in total. The van der Waals surface area contributed by atoms with Crippen molar-refractivity contribution >= 4 is 12.6 Å². The number of hydrogen-bond donors (Lipinski definition) is 1. The maximum atomic E-state index is 11.3. The number of ether oxygens (including phenoxy) is 2. The minimum Gasteiger partial charge on any atom is -0.468 e. The topological polar surface area (TPSA) is 64.6 Å². The molecule has 1 aromatic rings. The third-order valence-corrected chi connectivity index (χ3v) is 2.49. The Bertz CT molecular complexity index is 367. The summed E-state index contributed by atoms with van der Waals surface area (Å²) in [7, 11) is 0. The number of unbranched alkanes of at least 4 members (excludes halogenated alkanes) is 2. The zero-order valence-corrected chi connectivity index (χ0v) is 10.8. The normalized spacial score (nSPS) is 9.68. The molecule has 0 spiro atoms. The van der Waals surface area contributed by atoms with Crippen LogP contribution in [0.1, 0.15) is 24.8 Å². The molecule has 0 saturated heterocycles. The average molecular weight is 265 g/mol. The van der Waals surface area contributed by atoms with E-state index in [0.717, 1.165) is 24.8 Å². The SMILES string of the molecule is O=COCCCCCNC(=O)OCc1ccccc1. The molecule has 19 heavy (non-hydrogen) atoms. The summed E-state index contributed by atoms with van der Waals surface area (Å²) in [6.45, 7) is 1.72. The fraction of sp³-hybridized carbons (Fsp3) is 0.429. The predicted octanol–water partition coefficient (Wildman–Crippen LogP) is 2.26. The summed E-state index contributed by atoms with van der Waals surface area (Å²) in [6.07, 6.45) is 2.13. The van der Waals surface area contributed by atoms with E-state index in [1.54, 1.807) is 0 Å². The van der Waals surface area contributed by atoms with Gasteiger partial charge in [-0.05, 0) is 24.8 Å². The predicted molar refractivity (Wildman–Crippen MR) is 70.5 cm³/mol. The van der Waals surface area contributed by atoms with Crippen LogP contribution in [0, 0.1) is 0 Å². The van der Waals surface area contributed by atoms with Crippen LogP contribution in [0.3, 0.4) is 0 Å². The second-order valence-electron chi connectivity index (χ2n) is 4.02. The van der Waals surface area contributed by atoms with E-state index in [4.69, 9.17) is 4.74 Å². The summed E-state index contributed by atoms with van der Waals surface area (Å²) in [4.78, 5) is 21.2. The molecule has 1 N–H and O–H groups in total. The van der Waals surface area contributed by atoms with E-state index < -0.39 is 6.09 Å². The van der Waals surface area contributed by atoms with Gasteiger partial charge in [0, 0.05) is 6.54 Å². The quantitative estimate of drug-likeness (QED) is 0.549. The van der Waals surface area contributed by atoms with Crippen LogP contribution in [0.2, 0.25) is 0 Å². The van der Waals surface area contributed by atoms with Crippen molar-refractivity contribution in [2.24, 2.45) is 0 Å². The first-order valence-corrected chi connectivity index (χ1v) is 6.32. The van der Waals surface area contributed by atoms with E-state index in [-0.39, 0.29) is 6.61 Å². The molecule has 5 heteroatoms. The molecule has 0 unspecified atom stereocenters. The number of alkyl carbamates (subject to hydrolysis) is 1. The fourth-order valence-electron chi connectivity index (χ4n) is 1.50. The van der Waals surface area contributed by atoms with Crippen LogP contribution in [-0.4, -0.2) is 25.7 Å². The van der Waals surface area contributed by atoms with E-state index in [2.05, 4.69) is 10.1 Å². The Balaban J connectivity index is 1.98. The lowest BCUT2D eigenvalue weighted by Crippen LogP contribution is -2.25. The lowest BCUT2D eigenvalue weighted by molar-refractivity contribution is -0.128. The zero-order chi connectivity index (χ0) is 13.8. The standard InChI is InChI=1S/C14H19NO4/c16-12-18-10-6-2-5-9-15-14(17)19-11-13-7-3-1-4-8-13/h1,3-4,7-8,12H,2,5-6,9-11H2,(H,15,17). The van der Waals surface area contributed by atoms with Gasteiger partial charge in [-0.1, -0.05) is 30.3 Å². The molecule has 0 aliphatic carbocycles. The Morgan fingerprint density at radius 2 is 1.95 bits per heavy atom. The summed E-state index contributed by atoms with van der Waals surface area (Å²) < 4.78 is 9.61. The molecule has 1 amide bonds. The van der Waals surface area contributed by atoms with Gasteiger partial charge in [-0.25, -0.2) is 4.79 Å². The number of nitrogens with one attached hydrogen (secondary N) is 1. The monoisotopic (exact) mass is 265 g/mol. The van der Waals surface area contributed by atoms with Crippen LogP contribution < -0.4 is 5.32 Å². The van der Waals surface area contributed by atoms with Crippen LogP contribution in [0.4, 0.5) is 4.79 Å². The maximum absolute atomic E-state index is 11.3. The van der Waals surface area contributed by atoms with Gasteiger partial charge in [-0.15, -0.1) is 0 Å². The first-order chi connectivity index (χ1) is 9.33. The van der Waals surface area contributed by atoms with Crippen molar-refractivity contribution in [1.82, 2.24) is 5.32 Å². The van der Waals surface area contributed by atoms with Crippen molar-refractivity contribution in [2.75, 3.05) is 13.2 Å². The van der Waals surface area contributed by atoms with Crippen molar-refractivity contribution in [1.29, 1.82) is 0 Å². The van der Waals surface area contributed by atoms with E-state index in [1.807, 2.05) is 30.3 Å². The van der Waals surface area contributed by atoms with Crippen LogP contribution in [0.5, 0.6) is 0 Å². The molecule has 0 aliphatic heterocycles. The molecule has 1 rings (SSSR count). The lowest BCUT2D eigenvalue weighted by Gasteiger charge is -2.06. The average Bonchev–Trinajstić information content (AvgIpc) is 2.45. The van der Waals surface area contributed by atoms with Crippen molar-refractivity contribution < 1.29 is 19.1 Å². The molecule has 0 aromatic heterocycles. The molecule has 0 heterocycles. The highest BCUT2D eigenvalue weighted by atomic mass is 16.5. The number of rotatable bonds is 9. The molecular weight excluding hydrogens is 246 g/mol. The third kappa shape index (κ3) is 7.81. The van der Waals surface area contributed by atoms with Gasteiger partial charge in [0.15, 0.2) is 0 Å². The van der Waals surface area contributed by atoms with Gasteiger partial charge in [0.1, 0.15) is 6.61 Å². The Hall–Kier alpha value is -2.04. The molecular formula is C14H19NO4. The third-order valence-electron chi connectivity index (χ3n) is 2.49. The van der Waals surface area contributed by atoms with Gasteiger partial charge >= 0.3 is 6.09 Å². The summed E-state index contributed by atoms with van der Waals surface area (Å²) in [5.74, 6) is 0. The van der Waals surface area contributed by atoms with Gasteiger partial charge in [0.2, 0.25) is 0 Å². The Labute approximate surface area is 112 Å².